The Morgan fingerprint density at radius 1 is 1.50 bits per heavy atom. The van der Waals surface area contributed by atoms with Crippen LogP contribution in [-0.4, -0.2) is 16.3 Å². The van der Waals surface area contributed by atoms with Gasteiger partial charge in [0.1, 0.15) is 5.03 Å². The molecule has 2 unspecified atom stereocenters. The standard InChI is InChI=1S/C10H13ClN2S/c11-9-2-1-5-13-10(9)14-8-4-3-7(12)6-8/h1-2,5,7-8H,3-4,6,12H2. The Balaban J connectivity index is 2.01. The van der Waals surface area contributed by atoms with Crippen LogP contribution in [0.1, 0.15) is 19.3 Å². The summed E-state index contributed by atoms with van der Waals surface area (Å²) >= 11 is 7.78. The van der Waals surface area contributed by atoms with Crippen LogP contribution in [0.5, 0.6) is 0 Å². The SMILES string of the molecule is NC1CCC(Sc2ncccc2Cl)C1. The van der Waals surface area contributed by atoms with E-state index in [9.17, 15) is 0 Å². The van der Waals surface area contributed by atoms with E-state index in [4.69, 9.17) is 17.3 Å². The normalized spacial score (nSPS) is 26.7. The Morgan fingerprint density at radius 3 is 3.00 bits per heavy atom. The quantitative estimate of drug-likeness (QED) is 0.846. The fourth-order valence-electron chi connectivity index (χ4n) is 1.70. The highest BCUT2D eigenvalue weighted by Gasteiger charge is 2.23. The molecule has 1 aliphatic carbocycles. The minimum atomic E-state index is 0.370. The number of aromatic nitrogens is 1. The maximum Gasteiger partial charge on any atom is 0.115 e. The third-order valence-electron chi connectivity index (χ3n) is 2.43. The van der Waals surface area contributed by atoms with E-state index in [-0.39, 0.29) is 0 Å². The number of halogens is 1. The molecule has 0 amide bonds. The molecule has 14 heavy (non-hydrogen) atoms. The van der Waals surface area contributed by atoms with Crippen molar-refractivity contribution >= 4 is 23.4 Å². The second-order valence-electron chi connectivity index (χ2n) is 3.60. The van der Waals surface area contributed by atoms with Crippen molar-refractivity contribution in [3.63, 3.8) is 0 Å². The van der Waals surface area contributed by atoms with Crippen LogP contribution < -0.4 is 5.73 Å². The molecule has 1 heterocycles. The topological polar surface area (TPSA) is 38.9 Å². The Hall–Kier alpha value is -0.250. The van der Waals surface area contributed by atoms with Gasteiger partial charge in [-0.2, -0.15) is 0 Å². The highest BCUT2D eigenvalue weighted by Crippen LogP contribution is 2.35. The Labute approximate surface area is 93.2 Å². The maximum absolute atomic E-state index is 6.02. The number of hydrogen-bond donors (Lipinski definition) is 1. The van der Waals surface area contributed by atoms with Gasteiger partial charge in [0.25, 0.3) is 0 Å². The zero-order chi connectivity index (χ0) is 9.97. The van der Waals surface area contributed by atoms with Crippen LogP contribution in [0.4, 0.5) is 0 Å². The lowest BCUT2D eigenvalue weighted by Crippen LogP contribution is -2.15. The van der Waals surface area contributed by atoms with Gasteiger partial charge in [-0.05, 0) is 31.4 Å². The first-order chi connectivity index (χ1) is 6.75. The third kappa shape index (κ3) is 2.41. The van der Waals surface area contributed by atoms with Gasteiger partial charge in [-0.1, -0.05) is 11.6 Å². The van der Waals surface area contributed by atoms with E-state index >= 15 is 0 Å². The van der Waals surface area contributed by atoms with Crippen LogP contribution in [-0.2, 0) is 0 Å². The van der Waals surface area contributed by atoms with E-state index in [0.29, 0.717) is 11.3 Å². The number of nitrogens with two attached hydrogens (primary N) is 1. The monoisotopic (exact) mass is 228 g/mol. The zero-order valence-corrected chi connectivity index (χ0v) is 9.39. The summed E-state index contributed by atoms with van der Waals surface area (Å²) in [6.07, 6.45) is 5.17. The predicted molar refractivity (Wildman–Crippen MR) is 60.7 cm³/mol. The number of pyridine rings is 1. The summed E-state index contributed by atoms with van der Waals surface area (Å²) < 4.78 is 0. The van der Waals surface area contributed by atoms with Gasteiger partial charge < -0.3 is 5.73 Å². The van der Waals surface area contributed by atoms with Crippen LogP contribution in [0.25, 0.3) is 0 Å². The summed E-state index contributed by atoms with van der Waals surface area (Å²) in [5, 5.41) is 2.28. The van der Waals surface area contributed by atoms with Crippen LogP contribution in [0, 0.1) is 0 Å². The molecular formula is C10H13ClN2S. The Bertz CT molecular complexity index is 319. The van der Waals surface area contributed by atoms with Gasteiger partial charge in [0.2, 0.25) is 0 Å². The molecular weight excluding hydrogens is 216 g/mol. The fraction of sp³-hybridized carbons (Fsp3) is 0.500. The smallest absolute Gasteiger partial charge is 0.115 e. The third-order valence-corrected chi connectivity index (χ3v) is 4.16. The minimum Gasteiger partial charge on any atom is -0.328 e. The van der Waals surface area contributed by atoms with Crippen molar-refractivity contribution < 1.29 is 0 Å². The van der Waals surface area contributed by atoms with Crippen molar-refractivity contribution in [2.45, 2.75) is 35.6 Å². The minimum absolute atomic E-state index is 0.370. The molecule has 2 atom stereocenters. The van der Waals surface area contributed by atoms with Gasteiger partial charge >= 0.3 is 0 Å². The molecule has 1 saturated carbocycles. The molecule has 0 radical (unpaired) electrons. The molecule has 1 fully saturated rings. The van der Waals surface area contributed by atoms with Crippen molar-refractivity contribution in [3.05, 3.63) is 23.4 Å². The number of rotatable bonds is 2. The van der Waals surface area contributed by atoms with E-state index in [0.717, 1.165) is 22.9 Å². The lowest BCUT2D eigenvalue weighted by Gasteiger charge is -2.08. The molecule has 0 bridgehead atoms. The highest BCUT2D eigenvalue weighted by molar-refractivity contribution is 8.00. The van der Waals surface area contributed by atoms with Gasteiger partial charge in [0, 0.05) is 17.5 Å². The van der Waals surface area contributed by atoms with Crippen LogP contribution in [0.2, 0.25) is 5.02 Å². The van der Waals surface area contributed by atoms with E-state index in [2.05, 4.69) is 4.98 Å². The second kappa shape index (κ2) is 4.51. The Morgan fingerprint density at radius 2 is 2.36 bits per heavy atom. The first-order valence-electron chi connectivity index (χ1n) is 4.78. The van der Waals surface area contributed by atoms with Crippen molar-refractivity contribution in [2.75, 3.05) is 0 Å². The van der Waals surface area contributed by atoms with Gasteiger partial charge in [-0.3, -0.25) is 0 Å². The molecule has 2 N–H and O–H groups in total. The fourth-order valence-corrected chi connectivity index (χ4v) is 3.17. The molecule has 1 aromatic rings. The van der Waals surface area contributed by atoms with Crippen LogP contribution in [0.15, 0.2) is 23.4 Å². The molecule has 4 heteroatoms. The molecule has 1 aliphatic rings. The molecule has 0 aliphatic heterocycles. The predicted octanol–water partition coefficient (Wildman–Crippen LogP) is 2.71. The lowest BCUT2D eigenvalue weighted by molar-refractivity contribution is 0.705. The van der Waals surface area contributed by atoms with Gasteiger partial charge in [-0.25, -0.2) is 4.98 Å². The van der Waals surface area contributed by atoms with E-state index in [1.165, 1.54) is 6.42 Å². The molecule has 0 saturated heterocycles. The average molecular weight is 229 g/mol. The second-order valence-corrected chi connectivity index (χ2v) is 5.30. The highest BCUT2D eigenvalue weighted by atomic mass is 35.5. The van der Waals surface area contributed by atoms with Crippen LogP contribution >= 0.6 is 23.4 Å². The summed E-state index contributed by atoms with van der Waals surface area (Å²) in [4.78, 5) is 4.26. The number of thioether (sulfide) groups is 1. The summed E-state index contributed by atoms with van der Waals surface area (Å²) in [5.41, 5.74) is 5.85. The van der Waals surface area contributed by atoms with Crippen LogP contribution in [0.3, 0.4) is 0 Å². The molecule has 2 rings (SSSR count). The lowest BCUT2D eigenvalue weighted by atomic mass is 10.3. The Kier molecular flexibility index (Phi) is 3.31. The van der Waals surface area contributed by atoms with E-state index < -0.39 is 0 Å². The number of hydrogen-bond acceptors (Lipinski definition) is 3. The molecule has 0 aromatic carbocycles. The van der Waals surface area contributed by atoms with E-state index in [1.807, 2.05) is 12.1 Å². The summed E-state index contributed by atoms with van der Waals surface area (Å²) in [5.74, 6) is 0. The molecule has 0 spiro atoms. The summed E-state index contributed by atoms with van der Waals surface area (Å²) in [6, 6.07) is 4.11. The zero-order valence-electron chi connectivity index (χ0n) is 7.82. The van der Waals surface area contributed by atoms with Crippen molar-refractivity contribution in [3.8, 4) is 0 Å². The largest absolute Gasteiger partial charge is 0.328 e. The molecule has 2 nitrogen and oxygen atoms in total. The van der Waals surface area contributed by atoms with Gasteiger partial charge in [0.15, 0.2) is 0 Å². The average Bonchev–Trinajstić information content (AvgIpc) is 2.56. The van der Waals surface area contributed by atoms with Crippen molar-refractivity contribution in [1.82, 2.24) is 4.98 Å². The maximum atomic E-state index is 6.02. The van der Waals surface area contributed by atoms with Crippen molar-refractivity contribution in [2.24, 2.45) is 5.73 Å². The summed E-state index contributed by atoms with van der Waals surface area (Å²) in [6.45, 7) is 0. The summed E-state index contributed by atoms with van der Waals surface area (Å²) in [7, 11) is 0. The molecule has 1 aromatic heterocycles. The van der Waals surface area contributed by atoms with E-state index in [1.54, 1.807) is 18.0 Å². The van der Waals surface area contributed by atoms with Gasteiger partial charge in [0.05, 0.1) is 5.02 Å². The van der Waals surface area contributed by atoms with Crippen molar-refractivity contribution in [1.29, 1.82) is 0 Å². The first-order valence-corrected chi connectivity index (χ1v) is 6.04. The molecule has 76 valence electrons. The first kappa shape index (κ1) is 10.3. The number of nitrogens with zero attached hydrogens (tertiary/aromatic N) is 1. The van der Waals surface area contributed by atoms with Gasteiger partial charge in [-0.15, -0.1) is 11.8 Å².